The first-order valence-corrected chi connectivity index (χ1v) is 6.70. The first-order valence-electron chi connectivity index (χ1n) is 6.32. The van der Waals surface area contributed by atoms with Gasteiger partial charge in [0, 0.05) is 30.0 Å². The summed E-state index contributed by atoms with van der Waals surface area (Å²) in [5, 5.41) is 9.90. The number of carboxylic acid groups (broad SMARTS) is 1. The molecular formula is C14H14ClNO4. The molecule has 1 N–H and O–H groups in total. The Kier molecular flexibility index (Phi) is 2.73. The van der Waals surface area contributed by atoms with Crippen LogP contribution in [0.3, 0.4) is 0 Å². The molecule has 3 rings (SSSR count). The molecule has 1 amide bonds. The van der Waals surface area contributed by atoms with E-state index in [-0.39, 0.29) is 0 Å². The number of halogens is 1. The van der Waals surface area contributed by atoms with Gasteiger partial charge in [0.2, 0.25) is 5.91 Å². The van der Waals surface area contributed by atoms with E-state index < -0.39 is 29.4 Å². The van der Waals surface area contributed by atoms with Gasteiger partial charge in [-0.2, -0.15) is 0 Å². The summed E-state index contributed by atoms with van der Waals surface area (Å²) in [4.78, 5) is 25.2. The van der Waals surface area contributed by atoms with Crippen molar-refractivity contribution in [3.05, 3.63) is 28.8 Å². The van der Waals surface area contributed by atoms with Gasteiger partial charge in [-0.3, -0.25) is 9.59 Å². The summed E-state index contributed by atoms with van der Waals surface area (Å²) in [6, 6.07) is 5.11. The molecule has 2 aliphatic rings. The maximum atomic E-state index is 12.3. The van der Waals surface area contributed by atoms with Crippen LogP contribution in [-0.2, 0) is 9.59 Å². The van der Waals surface area contributed by atoms with E-state index in [0.717, 1.165) is 0 Å². The van der Waals surface area contributed by atoms with Crippen molar-refractivity contribution in [2.45, 2.75) is 25.0 Å². The number of benzene rings is 1. The topological polar surface area (TPSA) is 66.8 Å². The first-order chi connectivity index (χ1) is 9.33. The third-order valence-electron chi connectivity index (χ3n) is 4.27. The van der Waals surface area contributed by atoms with Crippen molar-refractivity contribution < 1.29 is 19.4 Å². The number of carbonyl (C=O) groups excluding carboxylic acids is 1. The second-order valence-corrected chi connectivity index (χ2v) is 5.92. The molecule has 5 nitrogen and oxygen atoms in total. The van der Waals surface area contributed by atoms with Crippen molar-refractivity contribution >= 4 is 23.5 Å². The van der Waals surface area contributed by atoms with Gasteiger partial charge in [-0.1, -0.05) is 11.6 Å². The van der Waals surface area contributed by atoms with Crippen LogP contribution < -0.4 is 4.74 Å². The number of hydrogen-bond acceptors (Lipinski definition) is 3. The molecule has 2 bridgehead atoms. The van der Waals surface area contributed by atoms with E-state index in [0.29, 0.717) is 22.8 Å². The standard InChI is InChI=1S/C14H14ClNO4/c1-14-6-9(11(13(18)19)12(17)16(14)2)8-5-7(15)3-4-10(8)20-14/h3-5,9,11H,6H2,1-2H3,(H,18,19)/t9-,11-,14-/m0/s1. The molecular weight excluding hydrogens is 282 g/mol. The lowest BCUT2D eigenvalue weighted by Crippen LogP contribution is -2.62. The number of piperidine rings is 1. The molecule has 2 aliphatic heterocycles. The third-order valence-corrected chi connectivity index (χ3v) is 4.51. The monoisotopic (exact) mass is 295 g/mol. The van der Waals surface area contributed by atoms with Crippen molar-refractivity contribution in [3.63, 3.8) is 0 Å². The highest BCUT2D eigenvalue weighted by atomic mass is 35.5. The van der Waals surface area contributed by atoms with Crippen molar-refractivity contribution in [2.24, 2.45) is 5.92 Å². The van der Waals surface area contributed by atoms with Crippen molar-refractivity contribution in [1.82, 2.24) is 4.90 Å². The molecule has 0 radical (unpaired) electrons. The fourth-order valence-corrected chi connectivity index (χ4v) is 3.27. The maximum Gasteiger partial charge on any atom is 0.316 e. The number of fused-ring (bicyclic) bond motifs is 4. The van der Waals surface area contributed by atoms with Gasteiger partial charge in [0.05, 0.1) is 0 Å². The van der Waals surface area contributed by atoms with Gasteiger partial charge in [-0.25, -0.2) is 0 Å². The minimum Gasteiger partial charge on any atom is -0.481 e. The molecule has 0 spiro atoms. The molecule has 1 fully saturated rings. The van der Waals surface area contributed by atoms with Crippen LogP contribution >= 0.6 is 11.6 Å². The number of rotatable bonds is 1. The summed E-state index contributed by atoms with van der Waals surface area (Å²) in [5.41, 5.74) is -0.113. The number of aliphatic carboxylic acids is 1. The maximum absolute atomic E-state index is 12.3. The van der Waals surface area contributed by atoms with Crippen LogP contribution in [0.1, 0.15) is 24.8 Å². The average Bonchev–Trinajstić information content (AvgIpc) is 2.37. The fraction of sp³-hybridized carbons (Fsp3) is 0.429. The number of likely N-dealkylation sites (tertiary alicyclic amines) is 1. The lowest BCUT2D eigenvalue weighted by molar-refractivity contribution is -0.176. The Bertz CT molecular complexity index is 617. The van der Waals surface area contributed by atoms with Gasteiger partial charge in [0.15, 0.2) is 5.72 Å². The highest BCUT2D eigenvalue weighted by Gasteiger charge is 2.55. The van der Waals surface area contributed by atoms with Crippen LogP contribution in [-0.4, -0.2) is 34.7 Å². The van der Waals surface area contributed by atoms with Crippen LogP contribution in [0.4, 0.5) is 0 Å². The minimum absolute atomic E-state index is 0.413. The van der Waals surface area contributed by atoms with E-state index in [9.17, 15) is 14.7 Å². The lowest BCUT2D eigenvalue weighted by Gasteiger charge is -2.51. The van der Waals surface area contributed by atoms with Gasteiger partial charge >= 0.3 is 5.97 Å². The summed E-state index contributed by atoms with van der Waals surface area (Å²) >= 11 is 5.98. The van der Waals surface area contributed by atoms with Crippen molar-refractivity contribution in [2.75, 3.05) is 7.05 Å². The van der Waals surface area contributed by atoms with Crippen LogP contribution in [0.25, 0.3) is 0 Å². The molecule has 3 atom stereocenters. The highest BCUT2D eigenvalue weighted by Crippen LogP contribution is 2.50. The smallest absolute Gasteiger partial charge is 0.316 e. The van der Waals surface area contributed by atoms with Gasteiger partial charge < -0.3 is 14.7 Å². The minimum atomic E-state index is -1.11. The van der Waals surface area contributed by atoms with E-state index in [4.69, 9.17) is 16.3 Å². The Morgan fingerprint density at radius 3 is 2.90 bits per heavy atom. The number of carboxylic acids is 1. The molecule has 1 saturated heterocycles. The number of nitrogens with zero attached hydrogens (tertiary/aromatic N) is 1. The normalized spacial score (nSPS) is 31.6. The molecule has 0 saturated carbocycles. The van der Waals surface area contributed by atoms with Gasteiger partial charge in [0.25, 0.3) is 0 Å². The zero-order valence-corrected chi connectivity index (χ0v) is 11.8. The Hall–Kier alpha value is -1.75. The molecule has 106 valence electrons. The van der Waals surface area contributed by atoms with E-state index in [1.165, 1.54) is 4.90 Å². The van der Waals surface area contributed by atoms with E-state index in [1.54, 1.807) is 32.2 Å². The third kappa shape index (κ3) is 1.69. The van der Waals surface area contributed by atoms with E-state index in [1.807, 2.05) is 0 Å². The van der Waals surface area contributed by atoms with Gasteiger partial charge in [-0.05, 0) is 25.1 Å². The molecule has 0 unspecified atom stereocenters. The molecule has 6 heteroatoms. The van der Waals surface area contributed by atoms with Crippen LogP contribution in [0.5, 0.6) is 5.75 Å². The Balaban J connectivity index is 2.19. The van der Waals surface area contributed by atoms with Crippen LogP contribution in [0, 0.1) is 5.92 Å². The SMILES string of the molecule is CN1C(=O)[C@@H](C(=O)O)[C@H]2C[C@]1(C)Oc1ccc(Cl)cc12. The number of amides is 1. The molecule has 0 aliphatic carbocycles. The Labute approximate surface area is 121 Å². The Morgan fingerprint density at radius 2 is 2.25 bits per heavy atom. The summed E-state index contributed by atoms with van der Waals surface area (Å²) in [6.07, 6.45) is 0.444. The molecule has 2 heterocycles. The predicted molar refractivity (Wildman–Crippen MR) is 71.7 cm³/mol. The number of ether oxygens (including phenoxy) is 1. The van der Waals surface area contributed by atoms with Crippen molar-refractivity contribution in [3.8, 4) is 5.75 Å². The number of carbonyl (C=O) groups is 2. The first kappa shape index (κ1) is 13.2. The largest absolute Gasteiger partial charge is 0.481 e. The fourth-order valence-electron chi connectivity index (χ4n) is 3.09. The Morgan fingerprint density at radius 1 is 1.55 bits per heavy atom. The quantitative estimate of drug-likeness (QED) is 0.806. The summed E-state index contributed by atoms with van der Waals surface area (Å²) < 4.78 is 5.91. The van der Waals surface area contributed by atoms with Crippen molar-refractivity contribution in [1.29, 1.82) is 0 Å². The second kappa shape index (κ2) is 4.12. The zero-order valence-electron chi connectivity index (χ0n) is 11.1. The van der Waals surface area contributed by atoms with Crippen LogP contribution in [0.15, 0.2) is 18.2 Å². The second-order valence-electron chi connectivity index (χ2n) is 5.48. The highest BCUT2D eigenvalue weighted by molar-refractivity contribution is 6.30. The number of hydrogen-bond donors (Lipinski definition) is 1. The van der Waals surface area contributed by atoms with Gasteiger partial charge in [-0.15, -0.1) is 0 Å². The summed E-state index contributed by atoms with van der Waals surface area (Å²) in [7, 11) is 1.58. The average molecular weight is 296 g/mol. The van der Waals surface area contributed by atoms with Gasteiger partial charge in [0.1, 0.15) is 11.7 Å². The molecule has 1 aromatic rings. The zero-order chi connectivity index (χ0) is 14.7. The van der Waals surface area contributed by atoms with E-state index in [2.05, 4.69) is 0 Å². The summed E-state index contributed by atoms with van der Waals surface area (Å²) in [5.74, 6) is -2.44. The van der Waals surface area contributed by atoms with E-state index >= 15 is 0 Å². The molecule has 1 aromatic carbocycles. The molecule has 0 aromatic heterocycles. The van der Waals surface area contributed by atoms with Crippen LogP contribution in [0.2, 0.25) is 5.02 Å². The summed E-state index contributed by atoms with van der Waals surface area (Å²) in [6.45, 7) is 1.80. The predicted octanol–water partition coefficient (Wildman–Crippen LogP) is 2.10. The molecule has 20 heavy (non-hydrogen) atoms. The lowest BCUT2D eigenvalue weighted by atomic mass is 9.74.